The third-order valence-corrected chi connectivity index (χ3v) is 5.71. The summed E-state index contributed by atoms with van der Waals surface area (Å²) in [4.78, 5) is 24.4. The molecule has 0 spiro atoms. The summed E-state index contributed by atoms with van der Waals surface area (Å²) in [5, 5.41) is 0. The van der Waals surface area contributed by atoms with Crippen LogP contribution >= 0.6 is 0 Å². The second-order valence-electron chi connectivity index (χ2n) is 8.28. The predicted octanol–water partition coefficient (Wildman–Crippen LogP) is 2.60. The first kappa shape index (κ1) is 24.7. The van der Waals surface area contributed by atoms with Crippen molar-refractivity contribution in [3.8, 4) is 23.5 Å². The minimum atomic E-state index is 0.195. The van der Waals surface area contributed by atoms with Crippen molar-refractivity contribution in [1.82, 2.24) is 29.9 Å². The molecule has 0 radical (unpaired) electrons. The van der Waals surface area contributed by atoms with Gasteiger partial charge >= 0.3 is 23.9 Å². The number of para-hydroxylation sites is 2. The van der Waals surface area contributed by atoms with E-state index >= 15 is 0 Å². The van der Waals surface area contributed by atoms with Crippen molar-refractivity contribution in [2.75, 3.05) is 27.7 Å². The Balaban J connectivity index is 0.000000158. The molecule has 192 valence electrons. The number of ether oxygens (including phenoxy) is 4. The number of hydrogen-bond acceptors (Lipinski definition) is 10. The molecule has 2 aromatic carbocycles. The first-order valence-corrected chi connectivity index (χ1v) is 11.7. The van der Waals surface area contributed by atoms with E-state index in [1.54, 1.807) is 4.58 Å². The lowest BCUT2D eigenvalue weighted by atomic mass is 10.1. The molecule has 0 unspecified atom stereocenters. The summed E-state index contributed by atoms with van der Waals surface area (Å²) in [5.41, 5.74) is 4.24. The summed E-state index contributed by atoms with van der Waals surface area (Å²) in [5.74, 6) is 2.80. The van der Waals surface area contributed by atoms with Gasteiger partial charge in [0.1, 0.15) is 11.5 Å². The van der Waals surface area contributed by atoms with Gasteiger partial charge in [-0.25, -0.2) is 0 Å². The van der Waals surface area contributed by atoms with E-state index < -0.39 is 0 Å². The minimum Gasteiger partial charge on any atom is -0.459 e. The van der Waals surface area contributed by atoms with E-state index in [2.05, 4.69) is 29.9 Å². The maximum absolute atomic E-state index is 5.78. The van der Waals surface area contributed by atoms with Crippen LogP contribution in [0.15, 0.2) is 49.1 Å². The zero-order chi connectivity index (χ0) is 26.5. The van der Waals surface area contributed by atoms with Gasteiger partial charge in [0.15, 0.2) is 12.7 Å². The first-order chi connectivity index (χ1) is 18.6. The summed E-state index contributed by atoms with van der Waals surface area (Å²) in [6, 6.07) is 12.4. The van der Waals surface area contributed by atoms with E-state index in [4.69, 9.17) is 18.9 Å². The monoisotopic (exact) mass is 514 g/mol. The third-order valence-electron chi connectivity index (χ3n) is 5.71. The summed E-state index contributed by atoms with van der Waals surface area (Å²) in [6.07, 6.45) is 6.87. The average Bonchev–Trinajstić information content (AvgIpc) is 2.97. The third kappa shape index (κ3) is 5.24. The molecule has 0 fully saturated rings. The van der Waals surface area contributed by atoms with E-state index in [0.29, 0.717) is 25.4 Å². The lowest BCUT2D eigenvalue weighted by Gasteiger charge is -2.17. The van der Waals surface area contributed by atoms with Gasteiger partial charge in [-0.15, -0.1) is 4.98 Å². The Morgan fingerprint density at radius 1 is 0.684 bits per heavy atom. The van der Waals surface area contributed by atoms with Crippen molar-refractivity contribution < 1.29 is 28.1 Å². The Kier molecular flexibility index (Phi) is 7.11. The lowest BCUT2D eigenvalue weighted by molar-refractivity contribution is -0.484. The van der Waals surface area contributed by atoms with Crippen LogP contribution < -0.4 is 18.9 Å². The van der Waals surface area contributed by atoms with Gasteiger partial charge in [-0.1, -0.05) is 34.2 Å². The normalized spacial score (nSPS) is 13.3. The number of aryl methyl sites for hydroxylation is 2. The molecule has 2 aliphatic heterocycles. The Bertz CT molecular complexity index is 1500. The highest BCUT2D eigenvalue weighted by Gasteiger charge is 2.24. The predicted molar refractivity (Wildman–Crippen MR) is 136 cm³/mol. The number of nitrogens with zero attached hydrogens (tertiary/aromatic N) is 8. The second kappa shape index (κ2) is 10.9. The van der Waals surface area contributed by atoms with Gasteiger partial charge in [0, 0.05) is 11.1 Å². The molecule has 0 saturated heterocycles. The van der Waals surface area contributed by atoms with Crippen molar-refractivity contribution in [1.29, 1.82) is 0 Å². The number of benzene rings is 2. The van der Waals surface area contributed by atoms with E-state index in [-0.39, 0.29) is 12.0 Å². The highest BCUT2D eigenvalue weighted by molar-refractivity contribution is 5.82. The fourth-order valence-corrected chi connectivity index (χ4v) is 3.88. The fraction of sp³-hybridized carbons (Fsp3) is 0.231. The number of fused-ring (bicyclic) bond motifs is 2. The molecule has 12 nitrogen and oxygen atoms in total. The van der Waals surface area contributed by atoms with Gasteiger partial charge in [-0.2, -0.15) is 14.1 Å². The minimum absolute atomic E-state index is 0.195. The molecular weight excluding hydrogens is 488 g/mol. The van der Waals surface area contributed by atoms with Crippen LogP contribution in [0.25, 0.3) is 0 Å². The summed E-state index contributed by atoms with van der Waals surface area (Å²) in [7, 11) is 2.99. The molecule has 0 N–H and O–H groups in total. The van der Waals surface area contributed by atoms with Gasteiger partial charge in [0.05, 0.1) is 26.6 Å². The highest BCUT2D eigenvalue weighted by atomic mass is 16.5. The number of hydrogen-bond donors (Lipinski definition) is 0. The number of rotatable bonds is 4. The average molecular weight is 515 g/mol. The molecular formula is C26H26N8O4+2. The number of aromatic nitrogens is 6. The quantitative estimate of drug-likeness (QED) is 0.376. The second-order valence-corrected chi connectivity index (χ2v) is 8.28. The molecule has 4 aromatic rings. The van der Waals surface area contributed by atoms with Crippen molar-refractivity contribution in [2.45, 2.75) is 13.8 Å². The lowest BCUT2D eigenvalue weighted by Crippen LogP contribution is -2.23. The van der Waals surface area contributed by atoms with Gasteiger partial charge in [-0.05, 0) is 47.1 Å². The Morgan fingerprint density at radius 3 is 1.68 bits per heavy atom. The van der Waals surface area contributed by atoms with E-state index in [0.717, 1.165) is 33.8 Å². The van der Waals surface area contributed by atoms with Crippen LogP contribution in [0.4, 0.5) is 11.9 Å². The van der Waals surface area contributed by atoms with Crippen molar-refractivity contribution in [3.63, 3.8) is 0 Å². The molecule has 12 heteroatoms. The molecule has 4 heterocycles. The van der Waals surface area contributed by atoms with Crippen molar-refractivity contribution in [2.24, 2.45) is 0 Å². The van der Waals surface area contributed by atoms with Crippen LogP contribution in [0.3, 0.4) is 0 Å². The Hall–Kier alpha value is -5.00. The molecule has 6 rings (SSSR count). The van der Waals surface area contributed by atoms with Crippen LogP contribution in [0.1, 0.15) is 22.3 Å². The van der Waals surface area contributed by atoms with Crippen molar-refractivity contribution >= 4 is 24.3 Å². The summed E-state index contributed by atoms with van der Waals surface area (Å²) >= 11 is 0. The van der Waals surface area contributed by atoms with E-state index in [1.165, 1.54) is 26.9 Å². The Morgan fingerprint density at radius 2 is 1.18 bits per heavy atom. The van der Waals surface area contributed by atoms with Crippen LogP contribution in [-0.2, 0) is 0 Å². The molecule has 0 aliphatic carbocycles. The zero-order valence-corrected chi connectivity index (χ0v) is 21.4. The van der Waals surface area contributed by atoms with E-state index in [9.17, 15) is 0 Å². The fourth-order valence-electron chi connectivity index (χ4n) is 3.88. The van der Waals surface area contributed by atoms with Crippen LogP contribution in [0, 0.1) is 13.8 Å². The topological polar surface area (TPSA) is 120 Å². The highest BCUT2D eigenvalue weighted by Crippen LogP contribution is 2.27. The summed E-state index contributed by atoms with van der Waals surface area (Å²) < 4.78 is 25.2. The first-order valence-electron chi connectivity index (χ1n) is 11.7. The molecule has 0 atom stereocenters. The summed E-state index contributed by atoms with van der Waals surface area (Å²) in [6.45, 7) is 4.78. The Labute approximate surface area is 218 Å². The SMILES string of the molecule is COc1nc(OC)nc([N+]2=Cc3cccc(C)c3OC2)n1.Cc1cccc2c1OC[N+](c1ncncn1)=C2. The van der Waals surface area contributed by atoms with Crippen LogP contribution in [0.2, 0.25) is 0 Å². The van der Waals surface area contributed by atoms with Crippen LogP contribution in [0.5, 0.6) is 23.5 Å². The maximum Gasteiger partial charge on any atom is 0.445 e. The number of methoxy groups -OCH3 is 2. The van der Waals surface area contributed by atoms with Gasteiger partial charge in [0.25, 0.3) is 0 Å². The van der Waals surface area contributed by atoms with Crippen molar-refractivity contribution in [3.05, 3.63) is 71.3 Å². The molecule has 0 bridgehead atoms. The van der Waals surface area contributed by atoms with E-state index in [1.807, 2.05) is 67.3 Å². The molecule has 2 aromatic heterocycles. The maximum atomic E-state index is 5.78. The van der Waals surface area contributed by atoms with Gasteiger partial charge in [-0.3, -0.25) is 0 Å². The van der Waals surface area contributed by atoms with Gasteiger partial charge < -0.3 is 18.9 Å². The zero-order valence-electron chi connectivity index (χ0n) is 21.4. The smallest absolute Gasteiger partial charge is 0.445 e. The van der Waals surface area contributed by atoms with Crippen LogP contribution in [-0.4, -0.2) is 79.2 Å². The molecule has 38 heavy (non-hydrogen) atoms. The molecule has 0 saturated carbocycles. The molecule has 0 amide bonds. The standard InChI is InChI=1S/C14H15N4O3.C12H11N4O/c1-9-5-4-6-10-7-18(8-21-11(9)10)12-15-13(19-2)17-14(16-12)20-3;1-9-3-2-4-10-5-16(8-17-11(9)10)12-14-6-13-7-15-12/h4-7H,8H2,1-3H3;2-7H,8H2,1H3/q2*+1. The largest absolute Gasteiger partial charge is 0.459 e. The van der Waals surface area contributed by atoms with Gasteiger partial charge in [0.2, 0.25) is 13.5 Å². The molecule has 2 aliphatic rings.